The maximum atomic E-state index is 10.3. The normalized spacial score (nSPS) is 14.4. The fourth-order valence-electron chi connectivity index (χ4n) is 1.85. The average Bonchev–Trinajstić information content (AvgIpc) is 2.87. The first-order valence-electron chi connectivity index (χ1n) is 6.28. The van der Waals surface area contributed by atoms with E-state index in [4.69, 9.17) is 4.52 Å². The molecule has 4 nitrogen and oxygen atoms in total. The van der Waals surface area contributed by atoms with E-state index in [1.807, 2.05) is 37.3 Å². The highest BCUT2D eigenvalue weighted by Gasteiger charge is 2.23. The highest BCUT2D eigenvalue weighted by molar-refractivity contribution is 5.20. The zero-order valence-electron chi connectivity index (χ0n) is 10.7. The van der Waals surface area contributed by atoms with E-state index in [1.54, 1.807) is 0 Å². The molecule has 0 aliphatic rings. The van der Waals surface area contributed by atoms with E-state index in [0.717, 1.165) is 18.4 Å². The molecule has 2 atom stereocenters. The molecule has 0 aliphatic heterocycles. The summed E-state index contributed by atoms with van der Waals surface area (Å²) in [6.07, 6.45) is 1.16. The van der Waals surface area contributed by atoms with E-state index in [2.05, 4.69) is 17.1 Å². The molecule has 1 aromatic carbocycles. The van der Waals surface area contributed by atoms with Crippen LogP contribution in [0, 0.1) is 0 Å². The van der Waals surface area contributed by atoms with E-state index in [1.165, 1.54) is 0 Å². The van der Waals surface area contributed by atoms with Gasteiger partial charge in [0.1, 0.15) is 0 Å². The molecule has 0 radical (unpaired) electrons. The Balaban J connectivity index is 2.12. The van der Waals surface area contributed by atoms with Crippen LogP contribution in [0.3, 0.4) is 0 Å². The summed E-state index contributed by atoms with van der Waals surface area (Å²) in [5, 5.41) is 14.2. The number of hydrogen-bond acceptors (Lipinski definition) is 4. The second-order valence-electron chi connectivity index (χ2n) is 4.44. The molecule has 2 rings (SSSR count). The molecule has 1 aromatic heterocycles. The second kappa shape index (κ2) is 5.78. The maximum Gasteiger partial charge on any atom is 0.232 e. The average molecular weight is 246 g/mol. The first-order chi connectivity index (χ1) is 8.72. The van der Waals surface area contributed by atoms with E-state index in [9.17, 15) is 5.11 Å². The fraction of sp³-hybridized carbons (Fsp3) is 0.429. The van der Waals surface area contributed by atoms with Crippen molar-refractivity contribution in [1.29, 1.82) is 0 Å². The summed E-state index contributed by atoms with van der Waals surface area (Å²) in [7, 11) is 0. The standard InChI is InChI=1S/C14H18N2O2/c1-3-7-12-15-14(18-16-12)10(2)13(17)11-8-5-4-6-9-11/h4-6,8-10,13,17H,3,7H2,1-2H3. The third-order valence-electron chi connectivity index (χ3n) is 2.96. The van der Waals surface area contributed by atoms with Crippen LogP contribution >= 0.6 is 0 Å². The molecule has 4 heteroatoms. The van der Waals surface area contributed by atoms with Crippen LogP contribution in [0.5, 0.6) is 0 Å². The molecule has 0 bridgehead atoms. The van der Waals surface area contributed by atoms with Gasteiger partial charge in [-0.15, -0.1) is 0 Å². The van der Waals surface area contributed by atoms with Gasteiger partial charge in [-0.05, 0) is 12.0 Å². The molecule has 2 aromatic rings. The summed E-state index contributed by atoms with van der Waals surface area (Å²) >= 11 is 0. The van der Waals surface area contributed by atoms with Gasteiger partial charge in [0.25, 0.3) is 0 Å². The molecular formula is C14H18N2O2. The van der Waals surface area contributed by atoms with Crippen molar-refractivity contribution in [3.63, 3.8) is 0 Å². The van der Waals surface area contributed by atoms with Crippen molar-refractivity contribution in [2.45, 2.75) is 38.7 Å². The highest BCUT2D eigenvalue weighted by atomic mass is 16.5. The molecule has 0 aliphatic carbocycles. The van der Waals surface area contributed by atoms with Crippen LogP contribution in [-0.2, 0) is 6.42 Å². The number of aromatic nitrogens is 2. The van der Waals surface area contributed by atoms with Crippen LogP contribution in [0.25, 0.3) is 0 Å². The molecule has 0 saturated heterocycles. The van der Waals surface area contributed by atoms with Crippen molar-refractivity contribution in [2.24, 2.45) is 0 Å². The molecule has 0 saturated carbocycles. The van der Waals surface area contributed by atoms with E-state index < -0.39 is 6.10 Å². The van der Waals surface area contributed by atoms with Crippen molar-refractivity contribution in [2.75, 3.05) is 0 Å². The summed E-state index contributed by atoms with van der Waals surface area (Å²) in [6.45, 7) is 3.96. The Morgan fingerprint density at radius 2 is 2.00 bits per heavy atom. The molecular weight excluding hydrogens is 228 g/mol. The predicted octanol–water partition coefficient (Wildman–Crippen LogP) is 2.86. The van der Waals surface area contributed by atoms with Gasteiger partial charge in [0.15, 0.2) is 5.82 Å². The quantitative estimate of drug-likeness (QED) is 0.881. The Hall–Kier alpha value is -1.68. The number of aryl methyl sites for hydroxylation is 1. The lowest BCUT2D eigenvalue weighted by atomic mass is 9.97. The smallest absolute Gasteiger partial charge is 0.232 e. The second-order valence-corrected chi connectivity index (χ2v) is 4.44. The topological polar surface area (TPSA) is 59.2 Å². The lowest BCUT2D eigenvalue weighted by molar-refractivity contribution is 0.135. The van der Waals surface area contributed by atoms with Gasteiger partial charge in [-0.25, -0.2) is 0 Å². The molecule has 0 amide bonds. The zero-order valence-corrected chi connectivity index (χ0v) is 10.7. The molecule has 0 spiro atoms. The van der Waals surface area contributed by atoms with Gasteiger partial charge in [-0.3, -0.25) is 0 Å². The van der Waals surface area contributed by atoms with Gasteiger partial charge >= 0.3 is 0 Å². The summed E-state index contributed by atoms with van der Waals surface area (Å²) < 4.78 is 5.20. The van der Waals surface area contributed by atoms with Crippen LogP contribution in [0.2, 0.25) is 0 Å². The molecule has 0 fully saturated rings. The van der Waals surface area contributed by atoms with E-state index >= 15 is 0 Å². The van der Waals surface area contributed by atoms with Crippen LogP contribution < -0.4 is 0 Å². The summed E-state index contributed by atoms with van der Waals surface area (Å²) in [5.41, 5.74) is 0.861. The molecule has 96 valence electrons. The van der Waals surface area contributed by atoms with Gasteiger partial charge in [0.2, 0.25) is 5.89 Å². The number of rotatable bonds is 5. The lowest BCUT2D eigenvalue weighted by Crippen LogP contribution is -2.08. The molecule has 2 unspecified atom stereocenters. The van der Waals surface area contributed by atoms with Crippen molar-refractivity contribution in [3.05, 3.63) is 47.6 Å². The summed E-state index contributed by atoms with van der Waals surface area (Å²) in [6, 6.07) is 9.52. The van der Waals surface area contributed by atoms with Crippen molar-refractivity contribution < 1.29 is 9.63 Å². The summed E-state index contributed by atoms with van der Waals surface area (Å²) in [4.78, 5) is 4.31. The summed E-state index contributed by atoms with van der Waals surface area (Å²) in [5.74, 6) is 1.000. The highest BCUT2D eigenvalue weighted by Crippen LogP contribution is 2.29. The van der Waals surface area contributed by atoms with Crippen LogP contribution in [0.4, 0.5) is 0 Å². The van der Waals surface area contributed by atoms with Crippen molar-refractivity contribution in [3.8, 4) is 0 Å². The number of aliphatic hydroxyl groups excluding tert-OH is 1. The Labute approximate surface area is 107 Å². The fourth-order valence-corrected chi connectivity index (χ4v) is 1.85. The molecule has 18 heavy (non-hydrogen) atoms. The van der Waals surface area contributed by atoms with Crippen LogP contribution in [-0.4, -0.2) is 15.2 Å². The lowest BCUT2D eigenvalue weighted by Gasteiger charge is -2.15. The van der Waals surface area contributed by atoms with Gasteiger partial charge in [-0.2, -0.15) is 4.98 Å². The van der Waals surface area contributed by atoms with Crippen molar-refractivity contribution >= 4 is 0 Å². The Kier molecular flexibility index (Phi) is 4.10. The minimum Gasteiger partial charge on any atom is -0.388 e. The van der Waals surface area contributed by atoms with E-state index in [0.29, 0.717) is 11.7 Å². The monoisotopic (exact) mass is 246 g/mol. The number of aliphatic hydroxyl groups is 1. The first-order valence-corrected chi connectivity index (χ1v) is 6.28. The predicted molar refractivity (Wildman–Crippen MR) is 68.1 cm³/mol. The number of hydrogen-bond donors (Lipinski definition) is 1. The largest absolute Gasteiger partial charge is 0.388 e. The zero-order chi connectivity index (χ0) is 13.0. The third-order valence-corrected chi connectivity index (χ3v) is 2.96. The number of benzene rings is 1. The van der Waals surface area contributed by atoms with Gasteiger partial charge in [0.05, 0.1) is 12.0 Å². The first kappa shape index (κ1) is 12.8. The SMILES string of the molecule is CCCc1noc(C(C)C(O)c2ccccc2)n1. The third kappa shape index (κ3) is 2.76. The van der Waals surface area contributed by atoms with Crippen LogP contribution in [0.1, 0.15) is 49.6 Å². The van der Waals surface area contributed by atoms with Gasteiger partial charge in [-0.1, -0.05) is 49.3 Å². The minimum atomic E-state index is -0.624. The van der Waals surface area contributed by atoms with Gasteiger partial charge in [0, 0.05) is 6.42 Å². The van der Waals surface area contributed by atoms with Gasteiger partial charge < -0.3 is 9.63 Å². The Morgan fingerprint density at radius 1 is 1.28 bits per heavy atom. The van der Waals surface area contributed by atoms with Crippen molar-refractivity contribution in [1.82, 2.24) is 10.1 Å². The Bertz CT molecular complexity index is 482. The molecule has 1 N–H and O–H groups in total. The Morgan fingerprint density at radius 3 is 2.67 bits per heavy atom. The van der Waals surface area contributed by atoms with Crippen LogP contribution in [0.15, 0.2) is 34.9 Å². The maximum absolute atomic E-state index is 10.3. The van der Waals surface area contributed by atoms with E-state index in [-0.39, 0.29) is 5.92 Å². The minimum absolute atomic E-state index is 0.203. The molecule has 1 heterocycles. The number of nitrogens with zero attached hydrogens (tertiary/aromatic N) is 2.